The van der Waals surface area contributed by atoms with Crippen molar-refractivity contribution in [3.8, 4) is 0 Å². The summed E-state index contributed by atoms with van der Waals surface area (Å²) in [7, 11) is -3.51. The van der Waals surface area contributed by atoms with Gasteiger partial charge >= 0.3 is 0 Å². The zero-order chi connectivity index (χ0) is 14.1. The number of rotatable bonds is 3. The monoisotopic (exact) mass is 334 g/mol. The van der Waals surface area contributed by atoms with E-state index in [0.29, 0.717) is 22.3 Å². The van der Waals surface area contributed by atoms with Crippen LogP contribution in [0.15, 0.2) is 21.5 Å². The minimum atomic E-state index is -3.51. The van der Waals surface area contributed by atoms with E-state index in [2.05, 4.69) is 20.7 Å². The van der Waals surface area contributed by atoms with E-state index in [9.17, 15) is 8.42 Å². The third kappa shape index (κ3) is 3.96. The molecule has 0 amide bonds. The third-order valence-corrected chi connectivity index (χ3v) is 4.61. The minimum Gasteiger partial charge on any atom is -0.398 e. The van der Waals surface area contributed by atoms with Gasteiger partial charge in [0.1, 0.15) is 0 Å². The van der Waals surface area contributed by atoms with Crippen LogP contribution in [0.5, 0.6) is 0 Å². The van der Waals surface area contributed by atoms with Gasteiger partial charge in [-0.3, -0.25) is 0 Å². The highest BCUT2D eigenvalue weighted by Gasteiger charge is 2.21. The summed E-state index contributed by atoms with van der Waals surface area (Å²) in [5, 5.41) is 0. The fourth-order valence-corrected chi connectivity index (χ4v) is 3.35. The standard InChI is InChI=1S/C12H19BrN2O2S/c1-8-5-9(13)10(14)6-11(8)18(16,17)15-7-12(2,3)4/h5-6,15H,7,14H2,1-4H3. The molecule has 1 rings (SSSR count). The summed E-state index contributed by atoms with van der Waals surface area (Å²) in [4.78, 5) is 0.229. The predicted octanol–water partition coefficient (Wildman–Crippen LogP) is 2.66. The lowest BCUT2D eigenvalue weighted by atomic mass is 9.98. The highest BCUT2D eigenvalue weighted by atomic mass is 79.9. The lowest BCUT2D eigenvalue weighted by Crippen LogP contribution is -2.32. The fraction of sp³-hybridized carbons (Fsp3) is 0.500. The molecule has 0 fully saturated rings. The second-order valence-electron chi connectivity index (χ2n) is 5.52. The number of anilines is 1. The molecular weight excluding hydrogens is 316 g/mol. The Kier molecular flexibility index (Phi) is 4.46. The molecule has 0 unspecified atom stereocenters. The van der Waals surface area contributed by atoms with Gasteiger partial charge in [0.15, 0.2) is 0 Å². The molecule has 6 heteroatoms. The average molecular weight is 335 g/mol. The Labute approximate surface area is 117 Å². The van der Waals surface area contributed by atoms with E-state index in [1.165, 1.54) is 6.07 Å². The van der Waals surface area contributed by atoms with E-state index in [0.717, 1.165) is 0 Å². The second kappa shape index (κ2) is 5.19. The van der Waals surface area contributed by atoms with Crippen LogP contribution in [0.25, 0.3) is 0 Å². The number of nitrogen functional groups attached to an aromatic ring is 1. The molecule has 102 valence electrons. The molecule has 0 heterocycles. The third-order valence-electron chi connectivity index (χ3n) is 2.38. The smallest absolute Gasteiger partial charge is 0.240 e. The quantitative estimate of drug-likeness (QED) is 0.834. The molecule has 0 aliphatic rings. The van der Waals surface area contributed by atoms with Crippen molar-refractivity contribution in [2.24, 2.45) is 5.41 Å². The highest BCUT2D eigenvalue weighted by molar-refractivity contribution is 9.10. The predicted molar refractivity (Wildman–Crippen MR) is 77.9 cm³/mol. The van der Waals surface area contributed by atoms with Gasteiger partial charge in [0.25, 0.3) is 0 Å². The van der Waals surface area contributed by atoms with Crippen LogP contribution in [0.4, 0.5) is 5.69 Å². The van der Waals surface area contributed by atoms with Gasteiger partial charge in [-0.05, 0) is 46.0 Å². The Hall–Kier alpha value is -0.590. The molecule has 0 saturated carbocycles. The van der Waals surface area contributed by atoms with Crippen LogP contribution in [-0.2, 0) is 10.0 Å². The molecule has 0 atom stereocenters. The van der Waals surface area contributed by atoms with Gasteiger partial charge in [-0.15, -0.1) is 0 Å². The van der Waals surface area contributed by atoms with Gasteiger partial charge in [-0.25, -0.2) is 13.1 Å². The molecule has 0 spiro atoms. The van der Waals surface area contributed by atoms with Gasteiger partial charge in [-0.2, -0.15) is 0 Å². The summed E-state index contributed by atoms with van der Waals surface area (Å²) < 4.78 is 27.7. The van der Waals surface area contributed by atoms with Crippen molar-refractivity contribution < 1.29 is 8.42 Å². The fourth-order valence-electron chi connectivity index (χ4n) is 1.35. The minimum absolute atomic E-state index is 0.109. The van der Waals surface area contributed by atoms with Crippen molar-refractivity contribution in [3.63, 3.8) is 0 Å². The van der Waals surface area contributed by atoms with Gasteiger partial charge in [-0.1, -0.05) is 20.8 Å². The Balaban J connectivity index is 3.10. The molecular formula is C12H19BrN2O2S. The number of nitrogens with two attached hydrogens (primary N) is 1. The van der Waals surface area contributed by atoms with Crippen LogP contribution < -0.4 is 10.5 Å². The number of hydrogen-bond acceptors (Lipinski definition) is 3. The topological polar surface area (TPSA) is 72.2 Å². The maximum absolute atomic E-state index is 12.2. The molecule has 3 N–H and O–H groups in total. The maximum atomic E-state index is 12.2. The first-order valence-electron chi connectivity index (χ1n) is 5.58. The van der Waals surface area contributed by atoms with Crippen LogP contribution in [0.3, 0.4) is 0 Å². The summed E-state index contributed by atoms with van der Waals surface area (Å²) >= 11 is 3.28. The molecule has 0 saturated heterocycles. The summed E-state index contributed by atoms with van der Waals surface area (Å²) in [5.41, 5.74) is 6.70. The molecule has 0 aliphatic heterocycles. The largest absolute Gasteiger partial charge is 0.398 e. The Morgan fingerprint density at radius 1 is 1.33 bits per heavy atom. The number of nitrogens with one attached hydrogen (secondary N) is 1. The van der Waals surface area contributed by atoms with E-state index in [-0.39, 0.29) is 10.3 Å². The summed E-state index contributed by atoms with van der Waals surface area (Å²) in [6, 6.07) is 3.19. The first-order chi connectivity index (χ1) is 8.03. The zero-order valence-electron chi connectivity index (χ0n) is 11.0. The van der Waals surface area contributed by atoms with Crippen LogP contribution in [-0.4, -0.2) is 15.0 Å². The van der Waals surface area contributed by atoms with Crippen molar-refractivity contribution in [1.29, 1.82) is 0 Å². The molecule has 0 radical (unpaired) electrons. The molecule has 4 nitrogen and oxygen atoms in total. The number of aryl methyl sites for hydroxylation is 1. The molecule has 0 aliphatic carbocycles. The Morgan fingerprint density at radius 2 is 1.89 bits per heavy atom. The zero-order valence-corrected chi connectivity index (χ0v) is 13.4. The number of halogens is 1. The second-order valence-corrected chi connectivity index (χ2v) is 8.11. The van der Waals surface area contributed by atoms with Crippen LogP contribution in [0.1, 0.15) is 26.3 Å². The van der Waals surface area contributed by atoms with Crippen LogP contribution in [0.2, 0.25) is 0 Å². The molecule has 0 bridgehead atoms. The van der Waals surface area contributed by atoms with Crippen molar-refractivity contribution in [2.45, 2.75) is 32.6 Å². The number of hydrogen-bond donors (Lipinski definition) is 2. The van der Waals surface area contributed by atoms with Gasteiger partial charge in [0.2, 0.25) is 10.0 Å². The van der Waals surface area contributed by atoms with Crippen molar-refractivity contribution >= 4 is 31.6 Å². The Morgan fingerprint density at radius 3 is 2.39 bits per heavy atom. The summed E-state index contributed by atoms with van der Waals surface area (Å²) in [5.74, 6) is 0. The Bertz CT molecular complexity index is 548. The number of sulfonamides is 1. The molecule has 18 heavy (non-hydrogen) atoms. The highest BCUT2D eigenvalue weighted by Crippen LogP contribution is 2.26. The normalized spacial score (nSPS) is 12.7. The number of benzene rings is 1. The summed E-state index contributed by atoms with van der Waals surface area (Å²) in [6.07, 6.45) is 0. The lowest BCUT2D eigenvalue weighted by molar-refractivity contribution is 0.407. The van der Waals surface area contributed by atoms with E-state index in [1.807, 2.05) is 20.8 Å². The van der Waals surface area contributed by atoms with Crippen molar-refractivity contribution in [2.75, 3.05) is 12.3 Å². The van der Waals surface area contributed by atoms with E-state index in [1.54, 1.807) is 13.0 Å². The van der Waals surface area contributed by atoms with E-state index in [4.69, 9.17) is 5.73 Å². The van der Waals surface area contributed by atoms with Gasteiger partial charge in [0.05, 0.1) is 4.90 Å². The van der Waals surface area contributed by atoms with Crippen LogP contribution >= 0.6 is 15.9 Å². The van der Waals surface area contributed by atoms with E-state index < -0.39 is 10.0 Å². The van der Waals surface area contributed by atoms with Crippen LogP contribution in [0, 0.1) is 12.3 Å². The summed E-state index contributed by atoms with van der Waals surface area (Å²) in [6.45, 7) is 8.04. The van der Waals surface area contributed by atoms with Crippen molar-refractivity contribution in [3.05, 3.63) is 22.2 Å². The lowest BCUT2D eigenvalue weighted by Gasteiger charge is -2.19. The average Bonchev–Trinajstić information content (AvgIpc) is 2.19. The molecule has 1 aromatic rings. The SMILES string of the molecule is Cc1cc(Br)c(N)cc1S(=O)(=O)NCC(C)(C)C. The van der Waals surface area contributed by atoms with E-state index >= 15 is 0 Å². The first-order valence-corrected chi connectivity index (χ1v) is 7.86. The maximum Gasteiger partial charge on any atom is 0.240 e. The molecule has 0 aromatic heterocycles. The van der Waals surface area contributed by atoms with Gasteiger partial charge in [0, 0.05) is 16.7 Å². The first kappa shape index (κ1) is 15.5. The van der Waals surface area contributed by atoms with Gasteiger partial charge < -0.3 is 5.73 Å². The molecule has 1 aromatic carbocycles. The van der Waals surface area contributed by atoms with Crippen molar-refractivity contribution in [1.82, 2.24) is 4.72 Å².